The van der Waals surface area contributed by atoms with E-state index in [-0.39, 0.29) is 24.3 Å². The lowest BCUT2D eigenvalue weighted by atomic mass is 9.80. The van der Waals surface area contributed by atoms with Crippen molar-refractivity contribution < 1.29 is 23.5 Å². The zero-order chi connectivity index (χ0) is 28.1. The maximum atomic E-state index is 13.7. The molecule has 7 nitrogen and oxygen atoms in total. The Morgan fingerprint density at radius 2 is 1.82 bits per heavy atom. The molecule has 3 amide bonds. The molecule has 3 rings (SSSR count). The Balaban J connectivity index is 1.83. The van der Waals surface area contributed by atoms with Crippen molar-refractivity contribution in [2.24, 2.45) is 5.73 Å². The number of aliphatic hydroxyl groups excluding tert-OH is 1. The van der Waals surface area contributed by atoms with E-state index in [1.165, 1.54) is 24.6 Å². The van der Waals surface area contributed by atoms with Crippen LogP contribution in [0.4, 0.5) is 13.6 Å². The molecule has 9 heteroatoms. The Morgan fingerprint density at radius 3 is 2.42 bits per heavy atom. The number of benzene rings is 2. The average Bonchev–Trinajstić information content (AvgIpc) is 2.81. The molecule has 0 saturated carbocycles. The summed E-state index contributed by atoms with van der Waals surface area (Å²) >= 11 is 0. The van der Waals surface area contributed by atoms with Crippen molar-refractivity contribution in [3.8, 4) is 0 Å². The maximum Gasteiger partial charge on any atom is 0.314 e. The third kappa shape index (κ3) is 8.23. The number of nitrogens with zero attached hydrogens (tertiary/aromatic N) is 1. The van der Waals surface area contributed by atoms with Gasteiger partial charge in [-0.25, -0.2) is 13.6 Å². The van der Waals surface area contributed by atoms with Crippen LogP contribution in [0.2, 0.25) is 0 Å². The summed E-state index contributed by atoms with van der Waals surface area (Å²) in [6, 6.07) is 10.2. The molecule has 0 spiro atoms. The van der Waals surface area contributed by atoms with Crippen LogP contribution in [0.15, 0.2) is 42.5 Å². The van der Waals surface area contributed by atoms with Crippen molar-refractivity contribution in [1.29, 1.82) is 0 Å². The second-order valence-corrected chi connectivity index (χ2v) is 11.5. The van der Waals surface area contributed by atoms with Gasteiger partial charge in [-0.2, -0.15) is 0 Å². The number of carbonyl (C=O) groups is 2. The molecule has 208 valence electrons. The molecule has 2 aromatic rings. The van der Waals surface area contributed by atoms with Gasteiger partial charge < -0.3 is 26.4 Å². The molecule has 0 aromatic heterocycles. The van der Waals surface area contributed by atoms with Gasteiger partial charge in [0.25, 0.3) is 0 Å². The number of β-amino-alcohol motifs (C(OH)–C–C–N with tert-alkyl or cyclic N) is 1. The van der Waals surface area contributed by atoms with Gasteiger partial charge in [-0.1, -0.05) is 45.0 Å². The summed E-state index contributed by atoms with van der Waals surface area (Å²) in [7, 11) is 0. The van der Waals surface area contributed by atoms with Crippen molar-refractivity contribution >= 4 is 11.9 Å². The van der Waals surface area contributed by atoms with Gasteiger partial charge in [-0.3, -0.25) is 4.79 Å². The van der Waals surface area contributed by atoms with Crippen LogP contribution in [0, 0.1) is 11.6 Å². The first-order valence-electron chi connectivity index (χ1n) is 13.1. The van der Waals surface area contributed by atoms with Gasteiger partial charge in [0.1, 0.15) is 11.6 Å². The number of hydrogen-bond acceptors (Lipinski definition) is 4. The predicted molar refractivity (Wildman–Crippen MR) is 144 cm³/mol. The van der Waals surface area contributed by atoms with E-state index in [1.54, 1.807) is 4.90 Å². The lowest BCUT2D eigenvalue weighted by Gasteiger charge is -2.44. The number of piperidine rings is 1. The number of urea groups is 1. The highest BCUT2D eigenvalue weighted by molar-refractivity contribution is 5.73. The van der Waals surface area contributed by atoms with E-state index >= 15 is 0 Å². The Hall–Kier alpha value is -3.04. The summed E-state index contributed by atoms with van der Waals surface area (Å²) in [4.78, 5) is 25.6. The van der Waals surface area contributed by atoms with E-state index in [2.05, 4.69) is 49.6 Å². The highest BCUT2D eigenvalue weighted by Crippen LogP contribution is 2.29. The summed E-state index contributed by atoms with van der Waals surface area (Å²) in [6.45, 7) is 8.80. The maximum absolute atomic E-state index is 13.7. The fourth-order valence-corrected chi connectivity index (χ4v) is 5.20. The van der Waals surface area contributed by atoms with E-state index in [1.807, 2.05) is 6.07 Å². The van der Waals surface area contributed by atoms with E-state index in [0.717, 1.165) is 24.5 Å². The quantitative estimate of drug-likeness (QED) is 0.399. The zero-order valence-electron chi connectivity index (χ0n) is 22.7. The second kappa shape index (κ2) is 12.2. The number of likely N-dealkylation sites (tertiary alicyclic amines) is 1. The Kier molecular flexibility index (Phi) is 9.49. The minimum Gasteiger partial charge on any atom is -0.390 e. The Labute approximate surface area is 223 Å². The number of aliphatic hydroxyl groups is 1. The summed E-state index contributed by atoms with van der Waals surface area (Å²) in [6.07, 6.45) is 1.08. The molecule has 1 aliphatic rings. The van der Waals surface area contributed by atoms with Crippen molar-refractivity contribution in [3.05, 3.63) is 70.8 Å². The van der Waals surface area contributed by atoms with Crippen LogP contribution in [0.3, 0.4) is 0 Å². The van der Waals surface area contributed by atoms with E-state index < -0.39 is 35.4 Å². The van der Waals surface area contributed by atoms with Crippen molar-refractivity contribution in [2.45, 2.75) is 76.5 Å². The number of nitrogens with two attached hydrogens (primary N) is 1. The Bertz CT molecular complexity index is 1120. The van der Waals surface area contributed by atoms with E-state index in [4.69, 9.17) is 5.73 Å². The van der Waals surface area contributed by atoms with Crippen LogP contribution < -0.4 is 16.4 Å². The fourth-order valence-electron chi connectivity index (χ4n) is 5.20. The first-order valence-corrected chi connectivity index (χ1v) is 13.1. The largest absolute Gasteiger partial charge is 0.390 e. The van der Waals surface area contributed by atoms with Gasteiger partial charge >= 0.3 is 6.03 Å². The molecule has 3 unspecified atom stereocenters. The van der Waals surface area contributed by atoms with E-state index in [9.17, 15) is 23.5 Å². The number of amides is 3. The molecular weight excluding hydrogens is 490 g/mol. The summed E-state index contributed by atoms with van der Waals surface area (Å²) in [5, 5.41) is 17.3. The van der Waals surface area contributed by atoms with Crippen molar-refractivity contribution in [3.63, 3.8) is 0 Å². The molecule has 0 radical (unpaired) electrons. The molecule has 2 aromatic carbocycles. The van der Waals surface area contributed by atoms with Crippen LogP contribution in [-0.4, -0.2) is 59.3 Å². The van der Waals surface area contributed by atoms with Crippen molar-refractivity contribution in [1.82, 2.24) is 15.5 Å². The first kappa shape index (κ1) is 29.5. The molecule has 0 aliphatic carbocycles. The smallest absolute Gasteiger partial charge is 0.314 e. The Morgan fingerprint density at radius 1 is 1.13 bits per heavy atom. The number of carbonyl (C=O) groups excluding carboxylic acids is 2. The molecule has 3 atom stereocenters. The lowest BCUT2D eigenvalue weighted by Crippen LogP contribution is -2.62. The number of nitrogens with one attached hydrogen (secondary N) is 2. The minimum absolute atomic E-state index is 0.0272. The van der Waals surface area contributed by atoms with Gasteiger partial charge in [-0.05, 0) is 59.9 Å². The monoisotopic (exact) mass is 530 g/mol. The summed E-state index contributed by atoms with van der Waals surface area (Å²) in [5.41, 5.74) is 7.66. The molecule has 1 saturated heterocycles. The average molecular weight is 531 g/mol. The molecule has 1 fully saturated rings. The minimum atomic E-state index is -1.06. The van der Waals surface area contributed by atoms with Crippen LogP contribution >= 0.6 is 0 Å². The SMILES string of the molecule is CC(=O)NC(Cc1cc(F)cc(F)c1)C(O)CNC1(Cc2cccc(C(C)(C)C)c2)CCCN(C(N)=O)C1. The molecule has 1 heterocycles. The van der Waals surface area contributed by atoms with Crippen molar-refractivity contribution in [2.75, 3.05) is 19.6 Å². The first-order chi connectivity index (χ1) is 17.8. The lowest BCUT2D eigenvalue weighted by molar-refractivity contribution is -0.120. The second-order valence-electron chi connectivity index (χ2n) is 11.5. The summed E-state index contributed by atoms with van der Waals surface area (Å²) in [5.74, 6) is -1.81. The zero-order valence-corrected chi connectivity index (χ0v) is 22.7. The molecule has 0 bridgehead atoms. The van der Waals surface area contributed by atoms with Gasteiger partial charge in [0.05, 0.1) is 12.1 Å². The third-order valence-corrected chi connectivity index (χ3v) is 7.14. The number of rotatable bonds is 9. The predicted octanol–water partition coefficient (Wildman–Crippen LogP) is 3.42. The van der Waals surface area contributed by atoms with Crippen LogP contribution in [0.1, 0.15) is 57.2 Å². The highest BCUT2D eigenvalue weighted by Gasteiger charge is 2.38. The van der Waals surface area contributed by atoms with Crippen LogP contribution in [-0.2, 0) is 23.1 Å². The number of hydrogen-bond donors (Lipinski definition) is 4. The highest BCUT2D eigenvalue weighted by atomic mass is 19.1. The van der Waals surface area contributed by atoms with Crippen LogP contribution in [0.5, 0.6) is 0 Å². The van der Waals surface area contributed by atoms with Gasteiger partial charge in [-0.15, -0.1) is 0 Å². The summed E-state index contributed by atoms with van der Waals surface area (Å²) < 4.78 is 27.5. The third-order valence-electron chi connectivity index (χ3n) is 7.14. The van der Waals surface area contributed by atoms with Gasteiger partial charge in [0, 0.05) is 38.2 Å². The standard InChI is InChI=1S/C29H40F2N4O3/c1-19(36)34-25(14-21-12-23(30)15-24(31)13-21)26(37)17-33-29(9-6-10-35(18-29)27(32)38)16-20-7-5-8-22(11-20)28(2,3)4/h5,7-8,11-13,15,25-26,33,37H,6,9-10,14,16-18H2,1-4H3,(H2,32,38)(H,34,36). The molecule has 1 aliphatic heterocycles. The molecule has 38 heavy (non-hydrogen) atoms. The number of primary amides is 1. The van der Waals surface area contributed by atoms with E-state index in [0.29, 0.717) is 25.1 Å². The fraction of sp³-hybridized carbons (Fsp3) is 0.517. The normalized spacial score (nSPS) is 19.6. The van der Waals surface area contributed by atoms with Gasteiger partial charge in [0.2, 0.25) is 5.91 Å². The van der Waals surface area contributed by atoms with Crippen LogP contribution in [0.25, 0.3) is 0 Å². The van der Waals surface area contributed by atoms with Gasteiger partial charge in [0.15, 0.2) is 0 Å². The number of halogens is 2. The molecular formula is C29H40F2N4O3. The molecule has 5 N–H and O–H groups in total. The topological polar surface area (TPSA) is 108 Å².